The fourth-order valence-electron chi connectivity index (χ4n) is 1.08. The molecule has 0 aromatic heterocycles. The van der Waals surface area contributed by atoms with Crippen LogP contribution in [0.5, 0.6) is 0 Å². The van der Waals surface area contributed by atoms with Crippen molar-refractivity contribution in [1.29, 1.82) is 0 Å². The summed E-state index contributed by atoms with van der Waals surface area (Å²) in [6.07, 6.45) is 0. The second kappa shape index (κ2) is 4.29. The molecule has 0 heterocycles. The number of hydrogen-bond acceptors (Lipinski definition) is 4. The van der Waals surface area contributed by atoms with Gasteiger partial charge in [0.1, 0.15) is 0 Å². The van der Waals surface area contributed by atoms with Gasteiger partial charge in [-0.2, -0.15) is 0 Å². The van der Waals surface area contributed by atoms with Gasteiger partial charge in [-0.3, -0.25) is 0 Å². The lowest BCUT2D eigenvalue weighted by Crippen LogP contribution is -2.11. The van der Waals surface area contributed by atoms with Crippen LogP contribution in [0.3, 0.4) is 0 Å². The van der Waals surface area contributed by atoms with Gasteiger partial charge < -0.3 is 20.5 Å². The lowest BCUT2D eigenvalue weighted by Gasteiger charge is -2.06. The predicted molar refractivity (Wildman–Crippen MR) is 53.8 cm³/mol. The Bertz CT molecular complexity index is 462. The van der Waals surface area contributed by atoms with E-state index >= 15 is 0 Å². The molecule has 0 spiro atoms. The third kappa shape index (κ3) is 2.18. The van der Waals surface area contributed by atoms with E-state index in [1.807, 2.05) is 0 Å². The summed E-state index contributed by atoms with van der Waals surface area (Å²) in [6.45, 7) is 0. The normalized spacial score (nSPS) is 12.1. The standard InChI is InChI=1S/C8H7NO6S/c9-6-4(7(10)11)1-3(16(14)15)2-5(6)8(12)13/h1-2H,9H2,(H,10,11)(H,12,13)(H,14,15). The Morgan fingerprint density at radius 1 is 1.12 bits per heavy atom. The average molecular weight is 245 g/mol. The van der Waals surface area contributed by atoms with Gasteiger partial charge in [-0.05, 0) is 12.1 Å². The Labute approximate surface area is 91.8 Å². The lowest BCUT2D eigenvalue weighted by atomic mass is 10.1. The molecule has 0 fully saturated rings. The number of rotatable bonds is 3. The Morgan fingerprint density at radius 2 is 1.50 bits per heavy atom. The molecule has 0 aliphatic rings. The molecule has 1 atom stereocenters. The molecule has 1 unspecified atom stereocenters. The van der Waals surface area contributed by atoms with E-state index in [2.05, 4.69) is 0 Å². The van der Waals surface area contributed by atoms with Crippen LogP contribution in [0.25, 0.3) is 0 Å². The molecule has 0 saturated heterocycles. The first kappa shape index (κ1) is 12.1. The van der Waals surface area contributed by atoms with Crippen LogP contribution in [0.2, 0.25) is 0 Å². The van der Waals surface area contributed by atoms with Gasteiger partial charge in [0.25, 0.3) is 0 Å². The van der Waals surface area contributed by atoms with Crippen LogP contribution in [0.1, 0.15) is 20.7 Å². The molecule has 16 heavy (non-hydrogen) atoms. The zero-order chi connectivity index (χ0) is 12.5. The van der Waals surface area contributed by atoms with Crippen molar-refractivity contribution in [3.05, 3.63) is 23.3 Å². The number of nitrogens with two attached hydrogens (primary N) is 1. The Kier molecular flexibility index (Phi) is 3.25. The van der Waals surface area contributed by atoms with E-state index in [1.165, 1.54) is 0 Å². The number of carbonyl (C=O) groups is 2. The number of nitrogen functional groups attached to an aromatic ring is 1. The van der Waals surface area contributed by atoms with E-state index in [1.54, 1.807) is 0 Å². The van der Waals surface area contributed by atoms with Crippen LogP contribution in [0.4, 0.5) is 5.69 Å². The predicted octanol–water partition coefficient (Wildman–Crippen LogP) is 0.246. The molecule has 0 radical (unpaired) electrons. The maximum Gasteiger partial charge on any atom is 0.337 e. The summed E-state index contributed by atoms with van der Waals surface area (Å²) >= 11 is -2.47. The van der Waals surface area contributed by atoms with Gasteiger partial charge in [0.05, 0.1) is 21.7 Å². The van der Waals surface area contributed by atoms with E-state index in [4.69, 9.17) is 20.5 Å². The van der Waals surface area contributed by atoms with Crippen molar-refractivity contribution in [3.63, 3.8) is 0 Å². The molecule has 7 nitrogen and oxygen atoms in total. The van der Waals surface area contributed by atoms with Crippen molar-refractivity contribution in [2.45, 2.75) is 4.90 Å². The summed E-state index contributed by atoms with van der Waals surface area (Å²) < 4.78 is 19.5. The molecule has 1 aromatic rings. The summed E-state index contributed by atoms with van der Waals surface area (Å²) in [5.74, 6) is -2.93. The van der Waals surface area contributed by atoms with E-state index in [-0.39, 0.29) is 4.90 Å². The van der Waals surface area contributed by atoms with E-state index in [9.17, 15) is 13.8 Å². The van der Waals surface area contributed by atoms with Crippen molar-refractivity contribution in [3.8, 4) is 0 Å². The van der Waals surface area contributed by atoms with Crippen molar-refractivity contribution in [1.82, 2.24) is 0 Å². The van der Waals surface area contributed by atoms with Crippen LogP contribution in [0.15, 0.2) is 17.0 Å². The summed E-state index contributed by atoms with van der Waals surface area (Å²) in [6, 6.07) is 1.72. The highest BCUT2D eigenvalue weighted by atomic mass is 32.2. The van der Waals surface area contributed by atoms with Crippen molar-refractivity contribution >= 4 is 28.7 Å². The molecular formula is C8H7NO6S. The molecule has 0 amide bonds. The second-order valence-corrected chi connectivity index (χ2v) is 3.76. The highest BCUT2D eigenvalue weighted by Gasteiger charge is 2.19. The van der Waals surface area contributed by atoms with Crippen molar-refractivity contribution < 1.29 is 28.6 Å². The number of benzene rings is 1. The SMILES string of the molecule is Nc1c(C(=O)O)cc(S(=O)O)cc1C(=O)O. The van der Waals surface area contributed by atoms with Crippen LogP contribution < -0.4 is 5.73 Å². The van der Waals surface area contributed by atoms with Gasteiger partial charge in [0, 0.05) is 0 Å². The van der Waals surface area contributed by atoms with Crippen LogP contribution >= 0.6 is 0 Å². The number of hydrogen-bond donors (Lipinski definition) is 4. The smallest absolute Gasteiger partial charge is 0.337 e. The highest BCUT2D eigenvalue weighted by Crippen LogP contribution is 2.22. The first-order chi connectivity index (χ1) is 7.34. The molecule has 8 heteroatoms. The summed E-state index contributed by atoms with van der Waals surface area (Å²) in [4.78, 5) is 21.1. The zero-order valence-electron chi connectivity index (χ0n) is 7.71. The van der Waals surface area contributed by atoms with Crippen molar-refractivity contribution in [2.24, 2.45) is 0 Å². The topological polar surface area (TPSA) is 138 Å². The number of aromatic carboxylic acids is 2. The Hall–Kier alpha value is -1.93. The maximum absolute atomic E-state index is 10.7. The van der Waals surface area contributed by atoms with Gasteiger partial charge in [-0.1, -0.05) is 0 Å². The van der Waals surface area contributed by atoms with Crippen LogP contribution in [-0.2, 0) is 11.1 Å². The molecule has 5 N–H and O–H groups in total. The third-order valence-corrected chi connectivity index (χ3v) is 2.45. The second-order valence-electron chi connectivity index (χ2n) is 2.79. The van der Waals surface area contributed by atoms with E-state index < -0.39 is 39.8 Å². The van der Waals surface area contributed by atoms with E-state index in [0.717, 1.165) is 12.1 Å². The molecule has 0 aliphatic heterocycles. The summed E-state index contributed by atoms with van der Waals surface area (Å²) in [7, 11) is 0. The first-order valence-corrected chi connectivity index (χ1v) is 4.96. The fraction of sp³-hybridized carbons (Fsp3) is 0. The molecule has 1 aromatic carbocycles. The van der Waals surface area contributed by atoms with Crippen LogP contribution in [0, 0.1) is 0 Å². The monoisotopic (exact) mass is 245 g/mol. The van der Waals surface area contributed by atoms with Crippen LogP contribution in [-0.4, -0.2) is 30.9 Å². The first-order valence-electron chi connectivity index (χ1n) is 3.85. The quantitative estimate of drug-likeness (QED) is 0.442. The molecule has 86 valence electrons. The lowest BCUT2D eigenvalue weighted by molar-refractivity contribution is 0.0696. The number of carboxylic acids is 2. The number of carboxylic acid groups (broad SMARTS) is 2. The van der Waals surface area contributed by atoms with Gasteiger partial charge in [-0.25, -0.2) is 13.8 Å². The molecular weight excluding hydrogens is 238 g/mol. The van der Waals surface area contributed by atoms with Gasteiger partial charge in [0.15, 0.2) is 11.1 Å². The molecule has 0 aliphatic carbocycles. The van der Waals surface area contributed by atoms with E-state index in [0.29, 0.717) is 0 Å². The average Bonchev–Trinajstić information content (AvgIpc) is 2.16. The largest absolute Gasteiger partial charge is 0.478 e. The Balaban J connectivity index is 3.57. The Morgan fingerprint density at radius 3 is 1.75 bits per heavy atom. The van der Waals surface area contributed by atoms with Gasteiger partial charge in [0.2, 0.25) is 0 Å². The van der Waals surface area contributed by atoms with Gasteiger partial charge in [-0.15, -0.1) is 0 Å². The molecule has 1 rings (SSSR count). The zero-order valence-corrected chi connectivity index (χ0v) is 8.52. The minimum absolute atomic E-state index is 0.330. The third-order valence-electron chi connectivity index (χ3n) is 1.82. The molecule has 0 saturated carbocycles. The van der Waals surface area contributed by atoms with Gasteiger partial charge >= 0.3 is 11.9 Å². The minimum atomic E-state index is -2.47. The summed E-state index contributed by atoms with van der Waals surface area (Å²) in [5, 5.41) is 17.4. The maximum atomic E-state index is 10.7. The number of anilines is 1. The van der Waals surface area contributed by atoms with Crippen molar-refractivity contribution in [2.75, 3.05) is 5.73 Å². The fourth-order valence-corrected chi connectivity index (χ4v) is 1.52. The molecule has 0 bridgehead atoms. The highest BCUT2D eigenvalue weighted by molar-refractivity contribution is 7.79. The minimum Gasteiger partial charge on any atom is -0.478 e. The summed E-state index contributed by atoms with van der Waals surface area (Å²) in [5.41, 5.74) is 3.83.